The fourth-order valence-corrected chi connectivity index (χ4v) is 3.21. The molecule has 0 saturated heterocycles. The van der Waals surface area contributed by atoms with Crippen molar-refractivity contribution < 1.29 is 22.5 Å². The third kappa shape index (κ3) is 4.17. The minimum absolute atomic E-state index is 0.0380. The molecule has 0 bridgehead atoms. The molecule has 0 aliphatic rings. The Balaban J connectivity index is 2.26. The molecule has 132 valence electrons. The third-order valence-corrected chi connectivity index (χ3v) is 4.88. The number of non-ortho nitro benzene ring substituents is 1. The van der Waals surface area contributed by atoms with E-state index in [0.29, 0.717) is 11.1 Å². The number of halogens is 1. The van der Waals surface area contributed by atoms with Gasteiger partial charge in [0.1, 0.15) is 5.82 Å². The van der Waals surface area contributed by atoms with Gasteiger partial charge in [0.2, 0.25) is 0 Å². The Morgan fingerprint density at radius 3 is 2.32 bits per heavy atom. The first kappa shape index (κ1) is 18.5. The molecule has 0 aromatic heterocycles. The van der Waals surface area contributed by atoms with Gasteiger partial charge in [-0.3, -0.25) is 20.3 Å². The number of carbonyl (C=O) groups excluding carboxylic acids is 1. The fraction of sp³-hybridized carbons (Fsp3) is 0.133. The number of rotatable bonds is 5. The Hall–Kier alpha value is -2.85. The van der Waals surface area contributed by atoms with Gasteiger partial charge in [0.25, 0.3) is 21.6 Å². The zero-order valence-corrected chi connectivity index (χ0v) is 14.1. The van der Waals surface area contributed by atoms with Crippen molar-refractivity contribution in [2.75, 3.05) is 0 Å². The summed E-state index contributed by atoms with van der Waals surface area (Å²) >= 11 is 0. The maximum atomic E-state index is 12.8. The number of hydrogen-bond donors (Lipinski definition) is 2. The summed E-state index contributed by atoms with van der Waals surface area (Å²) in [5, 5.41) is 10.9. The van der Waals surface area contributed by atoms with Gasteiger partial charge in [-0.05, 0) is 49.2 Å². The number of hydrogen-bond acceptors (Lipinski definition) is 5. The normalized spacial score (nSPS) is 11.2. The predicted molar refractivity (Wildman–Crippen MR) is 86.8 cm³/mol. The summed E-state index contributed by atoms with van der Waals surface area (Å²) < 4.78 is 37.6. The van der Waals surface area contributed by atoms with Crippen molar-refractivity contribution >= 4 is 21.6 Å². The van der Waals surface area contributed by atoms with E-state index < -0.39 is 26.7 Å². The highest BCUT2D eigenvalue weighted by Crippen LogP contribution is 2.25. The Labute approximate surface area is 142 Å². The van der Waals surface area contributed by atoms with Crippen LogP contribution in [-0.4, -0.2) is 19.2 Å². The maximum Gasteiger partial charge on any atom is 0.271 e. The number of nitro benzene ring substituents is 1. The van der Waals surface area contributed by atoms with Crippen LogP contribution in [0, 0.1) is 29.8 Å². The lowest BCUT2D eigenvalue weighted by Crippen LogP contribution is -2.41. The second kappa shape index (κ2) is 6.95. The Morgan fingerprint density at radius 2 is 1.76 bits per heavy atom. The standard InChI is InChI=1S/C15H14FN3O5S/c1-9-7-13(19(21)22)8-14(10(9)2)25(23,24)18-17-15(20)11-3-5-12(16)6-4-11/h3-8,18H,1-2H3,(H,17,20). The molecule has 0 aliphatic heterocycles. The Bertz CT molecular complexity index is 942. The molecule has 2 aromatic carbocycles. The fourth-order valence-electron chi connectivity index (χ4n) is 2.04. The van der Waals surface area contributed by atoms with E-state index in [1.54, 1.807) is 6.92 Å². The van der Waals surface area contributed by atoms with Crippen molar-refractivity contribution in [1.29, 1.82) is 0 Å². The van der Waals surface area contributed by atoms with Crippen molar-refractivity contribution in [2.24, 2.45) is 0 Å². The number of nitro groups is 1. The highest BCUT2D eigenvalue weighted by molar-refractivity contribution is 7.89. The van der Waals surface area contributed by atoms with Gasteiger partial charge in [0, 0.05) is 17.7 Å². The summed E-state index contributed by atoms with van der Waals surface area (Å²) in [7, 11) is -4.24. The molecular weight excluding hydrogens is 353 g/mol. The van der Waals surface area contributed by atoms with Crippen molar-refractivity contribution in [1.82, 2.24) is 10.3 Å². The first-order valence-electron chi connectivity index (χ1n) is 6.95. The number of carbonyl (C=O) groups is 1. The predicted octanol–water partition coefficient (Wildman–Crippen LogP) is 1.97. The summed E-state index contributed by atoms with van der Waals surface area (Å²) in [5.74, 6) is -1.34. The number of nitrogens with zero attached hydrogens (tertiary/aromatic N) is 1. The van der Waals surface area contributed by atoms with Gasteiger partial charge in [0.05, 0.1) is 9.82 Å². The van der Waals surface area contributed by atoms with E-state index >= 15 is 0 Å². The van der Waals surface area contributed by atoms with Gasteiger partial charge in [-0.1, -0.05) is 0 Å². The zero-order chi connectivity index (χ0) is 18.8. The number of benzene rings is 2. The SMILES string of the molecule is Cc1cc([N+](=O)[O-])cc(S(=O)(=O)NNC(=O)c2ccc(F)cc2)c1C. The second-order valence-corrected chi connectivity index (χ2v) is 6.86. The lowest BCUT2D eigenvalue weighted by Gasteiger charge is -2.12. The van der Waals surface area contributed by atoms with Crippen molar-refractivity contribution in [2.45, 2.75) is 18.7 Å². The quantitative estimate of drug-likeness (QED) is 0.619. The first-order valence-corrected chi connectivity index (χ1v) is 8.43. The van der Waals surface area contributed by atoms with Crippen LogP contribution in [0.5, 0.6) is 0 Å². The Kier molecular flexibility index (Phi) is 5.14. The van der Waals surface area contributed by atoms with Gasteiger partial charge in [-0.2, -0.15) is 0 Å². The topological polar surface area (TPSA) is 118 Å². The smallest absolute Gasteiger partial charge is 0.271 e. The van der Waals surface area contributed by atoms with Crippen molar-refractivity contribution in [3.8, 4) is 0 Å². The summed E-state index contributed by atoms with van der Waals surface area (Å²) in [4.78, 5) is 23.7. The molecule has 0 radical (unpaired) electrons. The van der Waals surface area contributed by atoms with Gasteiger partial charge in [-0.25, -0.2) is 12.8 Å². The molecule has 2 rings (SSSR count). The number of hydrazine groups is 1. The summed E-state index contributed by atoms with van der Waals surface area (Å²) in [6, 6.07) is 6.64. The van der Waals surface area contributed by atoms with Crippen LogP contribution in [0.2, 0.25) is 0 Å². The van der Waals surface area contributed by atoms with E-state index in [2.05, 4.69) is 0 Å². The van der Waals surface area contributed by atoms with Crippen LogP contribution in [0.4, 0.5) is 10.1 Å². The molecule has 0 fully saturated rings. The lowest BCUT2D eigenvalue weighted by atomic mass is 10.1. The van der Waals surface area contributed by atoms with Crippen LogP contribution < -0.4 is 10.3 Å². The summed E-state index contributed by atoms with van der Waals surface area (Å²) in [6.07, 6.45) is 0. The van der Waals surface area contributed by atoms with Crippen LogP contribution in [0.15, 0.2) is 41.3 Å². The van der Waals surface area contributed by atoms with Gasteiger partial charge in [-0.15, -0.1) is 4.83 Å². The molecule has 0 aliphatic carbocycles. The Morgan fingerprint density at radius 1 is 1.16 bits per heavy atom. The van der Waals surface area contributed by atoms with E-state index in [1.807, 2.05) is 10.3 Å². The second-order valence-electron chi connectivity index (χ2n) is 5.21. The molecule has 25 heavy (non-hydrogen) atoms. The number of amides is 1. The van der Waals surface area contributed by atoms with E-state index in [-0.39, 0.29) is 16.1 Å². The molecule has 8 nitrogen and oxygen atoms in total. The molecule has 0 atom stereocenters. The minimum Gasteiger partial charge on any atom is -0.273 e. The van der Waals surface area contributed by atoms with Gasteiger partial charge >= 0.3 is 0 Å². The largest absolute Gasteiger partial charge is 0.273 e. The highest BCUT2D eigenvalue weighted by atomic mass is 32.2. The number of sulfonamides is 1. The van der Waals surface area contributed by atoms with Crippen LogP contribution in [0.1, 0.15) is 21.5 Å². The number of aryl methyl sites for hydroxylation is 1. The van der Waals surface area contributed by atoms with Crippen LogP contribution in [-0.2, 0) is 10.0 Å². The van der Waals surface area contributed by atoms with E-state index in [0.717, 1.165) is 18.2 Å². The van der Waals surface area contributed by atoms with Crippen LogP contribution in [0.3, 0.4) is 0 Å². The average molecular weight is 367 g/mol. The minimum atomic E-state index is -4.24. The first-order chi connectivity index (χ1) is 11.6. The molecule has 10 heteroatoms. The van der Waals surface area contributed by atoms with E-state index in [9.17, 15) is 27.7 Å². The summed E-state index contributed by atoms with van der Waals surface area (Å²) in [6.45, 7) is 3.04. The van der Waals surface area contributed by atoms with E-state index in [4.69, 9.17) is 0 Å². The zero-order valence-electron chi connectivity index (χ0n) is 13.2. The lowest BCUT2D eigenvalue weighted by molar-refractivity contribution is -0.385. The van der Waals surface area contributed by atoms with Crippen molar-refractivity contribution in [3.63, 3.8) is 0 Å². The average Bonchev–Trinajstić information content (AvgIpc) is 2.55. The molecule has 0 heterocycles. The van der Waals surface area contributed by atoms with Crippen LogP contribution in [0.25, 0.3) is 0 Å². The highest BCUT2D eigenvalue weighted by Gasteiger charge is 2.23. The summed E-state index contributed by atoms with van der Waals surface area (Å²) in [5.41, 5.74) is 2.37. The van der Waals surface area contributed by atoms with Gasteiger partial charge < -0.3 is 0 Å². The molecule has 0 spiro atoms. The molecule has 2 aromatic rings. The monoisotopic (exact) mass is 367 g/mol. The van der Waals surface area contributed by atoms with E-state index in [1.165, 1.54) is 25.1 Å². The molecule has 0 saturated carbocycles. The molecular formula is C15H14FN3O5S. The van der Waals surface area contributed by atoms with Crippen molar-refractivity contribution in [3.05, 3.63) is 69.0 Å². The number of nitrogens with one attached hydrogen (secondary N) is 2. The van der Waals surface area contributed by atoms with Crippen LogP contribution >= 0.6 is 0 Å². The van der Waals surface area contributed by atoms with Gasteiger partial charge in [0.15, 0.2) is 0 Å². The molecule has 2 N–H and O–H groups in total. The third-order valence-electron chi connectivity index (χ3n) is 3.51. The maximum absolute atomic E-state index is 12.8. The molecule has 0 unspecified atom stereocenters. The molecule has 1 amide bonds.